The first-order valence-electron chi connectivity index (χ1n) is 8.55. The summed E-state index contributed by atoms with van der Waals surface area (Å²) in [5, 5.41) is 0. The van der Waals surface area contributed by atoms with Crippen molar-refractivity contribution in [3.8, 4) is 5.75 Å². The van der Waals surface area contributed by atoms with Crippen LogP contribution in [-0.2, 0) is 18.3 Å². The smallest absolute Gasteiger partial charge is 0.277 e. The van der Waals surface area contributed by atoms with Crippen molar-refractivity contribution in [3.63, 3.8) is 0 Å². The number of rotatable bonds is 9. The average Bonchev–Trinajstić information content (AvgIpc) is 2.52. The summed E-state index contributed by atoms with van der Waals surface area (Å²) in [6.07, 6.45) is 1.60. The predicted octanol–water partition coefficient (Wildman–Crippen LogP) is 5.20. The third-order valence-corrected chi connectivity index (χ3v) is 4.68. The van der Waals surface area contributed by atoms with Gasteiger partial charge in [-0.3, -0.25) is 0 Å². The van der Waals surface area contributed by atoms with Crippen molar-refractivity contribution in [1.29, 1.82) is 0 Å². The molecule has 146 valence electrons. The van der Waals surface area contributed by atoms with Gasteiger partial charge < -0.3 is 23.1 Å². The van der Waals surface area contributed by atoms with Crippen LogP contribution in [0.2, 0.25) is 39.3 Å². The molecule has 0 radical (unpaired) electrons. The quantitative estimate of drug-likeness (QED) is 0.326. The Bertz CT molecular complexity index is 637. The van der Waals surface area contributed by atoms with Crippen LogP contribution in [0, 0.1) is 0 Å². The Labute approximate surface area is 159 Å². The first kappa shape index (κ1) is 22.2. The lowest BCUT2D eigenvalue weighted by atomic mass is 10.1. The molecule has 0 amide bonds. The fraction of sp³-hybridized carbons (Fsp3) is 0.474. The molecule has 0 bridgehead atoms. The lowest BCUT2D eigenvalue weighted by molar-refractivity contribution is 0.148. The van der Waals surface area contributed by atoms with Gasteiger partial charge in [-0.05, 0) is 57.0 Å². The molecule has 0 spiro atoms. The molecule has 0 aromatic heterocycles. The maximum absolute atomic E-state index is 6.29. The third-order valence-electron chi connectivity index (χ3n) is 3.05. The van der Waals surface area contributed by atoms with Crippen molar-refractivity contribution in [2.75, 3.05) is 21.3 Å². The van der Waals surface area contributed by atoms with Crippen LogP contribution in [0.15, 0.2) is 42.2 Å². The molecular formula is C19H32O5Si2. The van der Waals surface area contributed by atoms with Gasteiger partial charge in [0.2, 0.25) is 16.6 Å². The van der Waals surface area contributed by atoms with E-state index in [-0.39, 0.29) is 0 Å². The minimum absolute atomic E-state index is 0.441. The third kappa shape index (κ3) is 7.17. The molecule has 1 rings (SSSR count). The van der Waals surface area contributed by atoms with Gasteiger partial charge in [0.15, 0.2) is 5.76 Å². The van der Waals surface area contributed by atoms with Crippen molar-refractivity contribution in [1.82, 2.24) is 0 Å². The van der Waals surface area contributed by atoms with Crippen LogP contribution in [0.4, 0.5) is 0 Å². The van der Waals surface area contributed by atoms with E-state index in [0.717, 1.165) is 16.9 Å². The number of ether oxygens (including phenoxy) is 3. The highest BCUT2D eigenvalue weighted by Crippen LogP contribution is 2.33. The Balaban J connectivity index is 3.59. The molecule has 0 aliphatic rings. The van der Waals surface area contributed by atoms with Gasteiger partial charge >= 0.3 is 0 Å². The van der Waals surface area contributed by atoms with E-state index in [0.29, 0.717) is 11.7 Å². The van der Waals surface area contributed by atoms with Crippen molar-refractivity contribution < 1.29 is 23.1 Å². The van der Waals surface area contributed by atoms with E-state index >= 15 is 0 Å². The second-order valence-electron chi connectivity index (χ2n) is 7.74. The Morgan fingerprint density at radius 2 is 1.35 bits per heavy atom. The number of hydrogen-bond acceptors (Lipinski definition) is 5. The molecular weight excluding hydrogens is 364 g/mol. The summed E-state index contributed by atoms with van der Waals surface area (Å²) < 4.78 is 28.7. The molecule has 0 heterocycles. The van der Waals surface area contributed by atoms with Gasteiger partial charge in [0.25, 0.3) is 5.95 Å². The average molecular weight is 397 g/mol. The summed E-state index contributed by atoms with van der Waals surface area (Å²) in [5.74, 6) is 1.82. The van der Waals surface area contributed by atoms with Crippen LogP contribution < -0.4 is 4.74 Å². The van der Waals surface area contributed by atoms with Crippen molar-refractivity contribution in [3.05, 3.63) is 47.8 Å². The normalized spacial score (nSPS) is 13.7. The topological polar surface area (TPSA) is 46.2 Å². The first-order valence-corrected chi connectivity index (χ1v) is 15.4. The number of hydrogen-bond donors (Lipinski definition) is 0. The molecule has 0 unspecified atom stereocenters. The number of allylic oxidation sites excluding steroid dienone is 1. The van der Waals surface area contributed by atoms with Crippen LogP contribution in [0.1, 0.15) is 5.56 Å². The molecule has 0 fully saturated rings. The molecule has 1 aromatic rings. The standard InChI is InChI=1S/C19H32O5Si2/c1-20-14-17(23-25(4,5)6)18(19(22-3)24-26(7,8)9)15-10-12-16(21-2)13-11-15/h10-14H,1-9H3. The highest BCUT2D eigenvalue weighted by atomic mass is 28.4. The highest BCUT2D eigenvalue weighted by molar-refractivity contribution is 6.70. The zero-order valence-electron chi connectivity index (χ0n) is 17.4. The van der Waals surface area contributed by atoms with E-state index < -0.39 is 16.6 Å². The maximum atomic E-state index is 6.29. The van der Waals surface area contributed by atoms with Crippen LogP contribution in [0.3, 0.4) is 0 Å². The van der Waals surface area contributed by atoms with E-state index in [2.05, 4.69) is 39.3 Å². The molecule has 0 saturated heterocycles. The lowest BCUT2D eigenvalue weighted by Gasteiger charge is -2.27. The largest absolute Gasteiger partial charge is 0.542 e. The van der Waals surface area contributed by atoms with Crippen molar-refractivity contribution in [2.24, 2.45) is 0 Å². The fourth-order valence-electron chi connectivity index (χ4n) is 2.16. The Hall–Kier alpha value is -1.87. The zero-order valence-corrected chi connectivity index (χ0v) is 19.4. The van der Waals surface area contributed by atoms with E-state index in [9.17, 15) is 0 Å². The Morgan fingerprint density at radius 1 is 0.808 bits per heavy atom. The van der Waals surface area contributed by atoms with E-state index in [1.54, 1.807) is 27.6 Å². The highest BCUT2D eigenvalue weighted by Gasteiger charge is 2.28. The first-order chi connectivity index (χ1) is 12.0. The van der Waals surface area contributed by atoms with Crippen LogP contribution in [0.5, 0.6) is 5.75 Å². The fourth-order valence-corrected chi connectivity index (χ4v) is 3.71. The zero-order chi connectivity index (χ0) is 20.0. The van der Waals surface area contributed by atoms with Gasteiger partial charge in [0.05, 0.1) is 21.3 Å². The van der Waals surface area contributed by atoms with Gasteiger partial charge in [-0.25, -0.2) is 0 Å². The molecule has 5 nitrogen and oxygen atoms in total. The van der Waals surface area contributed by atoms with Crippen LogP contribution >= 0.6 is 0 Å². The summed E-state index contributed by atoms with van der Waals surface area (Å²) >= 11 is 0. The molecule has 26 heavy (non-hydrogen) atoms. The Kier molecular flexibility index (Phi) is 7.83. The lowest BCUT2D eigenvalue weighted by Crippen LogP contribution is -2.28. The summed E-state index contributed by atoms with van der Waals surface area (Å²) in [5.41, 5.74) is 1.64. The van der Waals surface area contributed by atoms with Crippen molar-refractivity contribution >= 4 is 22.2 Å². The van der Waals surface area contributed by atoms with Gasteiger partial charge in [0.1, 0.15) is 17.6 Å². The van der Waals surface area contributed by atoms with Gasteiger partial charge in [-0.2, -0.15) is 0 Å². The van der Waals surface area contributed by atoms with Gasteiger partial charge in [0, 0.05) is 0 Å². The van der Waals surface area contributed by atoms with E-state index in [1.807, 2.05) is 24.3 Å². The molecule has 0 atom stereocenters. The minimum atomic E-state index is -1.90. The maximum Gasteiger partial charge on any atom is 0.277 e. The number of benzene rings is 1. The molecule has 0 aliphatic carbocycles. The molecule has 7 heteroatoms. The second-order valence-corrected chi connectivity index (χ2v) is 16.6. The van der Waals surface area contributed by atoms with Crippen molar-refractivity contribution in [2.45, 2.75) is 39.3 Å². The monoisotopic (exact) mass is 396 g/mol. The second kappa shape index (κ2) is 9.18. The summed E-state index contributed by atoms with van der Waals surface area (Å²) in [7, 11) is 1.06. The number of methoxy groups -OCH3 is 3. The summed E-state index contributed by atoms with van der Waals surface area (Å²) in [4.78, 5) is 0. The Morgan fingerprint density at radius 3 is 1.73 bits per heavy atom. The summed E-state index contributed by atoms with van der Waals surface area (Å²) in [6, 6.07) is 7.71. The van der Waals surface area contributed by atoms with Crippen LogP contribution in [0.25, 0.3) is 5.57 Å². The van der Waals surface area contributed by atoms with Gasteiger partial charge in [-0.15, -0.1) is 0 Å². The molecule has 0 saturated carbocycles. The van der Waals surface area contributed by atoms with E-state index in [1.165, 1.54) is 0 Å². The SMILES string of the molecule is COC=C(O[Si](C)(C)C)C(=C(OC)O[Si](C)(C)C)c1ccc(OC)cc1. The van der Waals surface area contributed by atoms with Crippen LogP contribution in [-0.4, -0.2) is 38.0 Å². The molecule has 0 aliphatic heterocycles. The molecule has 0 N–H and O–H groups in total. The summed E-state index contributed by atoms with van der Waals surface area (Å²) in [6.45, 7) is 12.7. The van der Waals surface area contributed by atoms with E-state index in [4.69, 9.17) is 23.1 Å². The minimum Gasteiger partial charge on any atom is -0.542 e. The predicted molar refractivity (Wildman–Crippen MR) is 111 cm³/mol. The molecule has 1 aromatic carbocycles. The van der Waals surface area contributed by atoms with Gasteiger partial charge in [-0.1, -0.05) is 12.1 Å².